The van der Waals surface area contributed by atoms with Crippen molar-refractivity contribution in [2.75, 3.05) is 20.1 Å². The molecule has 0 aliphatic heterocycles. The maximum Gasteiger partial charge on any atom is 0.220 e. The molecule has 17 heavy (non-hydrogen) atoms. The van der Waals surface area contributed by atoms with Crippen LogP contribution in [0.25, 0.3) is 0 Å². The number of nitrogens with zero attached hydrogens (tertiary/aromatic N) is 1. The Kier molecular flexibility index (Phi) is 12.7. The lowest BCUT2D eigenvalue weighted by molar-refractivity contribution is -0.121. The highest BCUT2D eigenvalue weighted by atomic mass is 35.5. The van der Waals surface area contributed by atoms with Gasteiger partial charge in [0, 0.05) is 31.9 Å². The van der Waals surface area contributed by atoms with E-state index in [1.165, 1.54) is 0 Å². The zero-order valence-corrected chi connectivity index (χ0v) is 11.4. The van der Waals surface area contributed by atoms with Gasteiger partial charge in [0.1, 0.15) is 0 Å². The van der Waals surface area contributed by atoms with Crippen molar-refractivity contribution in [3.63, 3.8) is 0 Å². The van der Waals surface area contributed by atoms with E-state index >= 15 is 0 Å². The lowest BCUT2D eigenvalue weighted by atomic mass is 10.1. The van der Waals surface area contributed by atoms with Crippen LogP contribution in [0.15, 0.2) is 24.5 Å². The largest absolute Gasteiger partial charge is 0.355 e. The molecule has 0 unspecified atom stereocenters. The molecular weight excluding hydrogens is 261 g/mol. The molecule has 6 heteroatoms. The predicted molar refractivity (Wildman–Crippen MR) is 74.0 cm³/mol. The van der Waals surface area contributed by atoms with Crippen LogP contribution in [-0.4, -0.2) is 31.0 Å². The minimum atomic E-state index is 0. The van der Waals surface area contributed by atoms with E-state index in [4.69, 9.17) is 0 Å². The van der Waals surface area contributed by atoms with Crippen molar-refractivity contribution in [3.8, 4) is 0 Å². The van der Waals surface area contributed by atoms with Crippen LogP contribution >= 0.6 is 24.8 Å². The van der Waals surface area contributed by atoms with Gasteiger partial charge < -0.3 is 10.6 Å². The fourth-order valence-corrected chi connectivity index (χ4v) is 1.22. The molecule has 0 atom stereocenters. The normalized spacial score (nSPS) is 8.76. The molecular formula is C11H19Cl2N3O. The minimum absolute atomic E-state index is 0. The summed E-state index contributed by atoms with van der Waals surface area (Å²) in [7, 11) is 1.86. The van der Waals surface area contributed by atoms with Gasteiger partial charge in [-0.1, -0.05) is 0 Å². The number of hydrogen-bond donors (Lipinski definition) is 2. The summed E-state index contributed by atoms with van der Waals surface area (Å²) >= 11 is 0. The zero-order valence-electron chi connectivity index (χ0n) is 9.81. The number of likely N-dealkylation sites (N-methyl/N-ethyl adjacent to an activating group) is 1. The van der Waals surface area contributed by atoms with E-state index in [1.54, 1.807) is 12.4 Å². The Hall–Kier alpha value is -0.840. The average molecular weight is 280 g/mol. The first kappa shape index (κ1) is 18.5. The molecule has 0 bridgehead atoms. The molecule has 98 valence electrons. The summed E-state index contributed by atoms with van der Waals surface area (Å²) in [6.07, 6.45) is 4.80. The fraction of sp³-hybridized carbons (Fsp3) is 0.455. The van der Waals surface area contributed by atoms with Crippen LogP contribution in [0.3, 0.4) is 0 Å². The summed E-state index contributed by atoms with van der Waals surface area (Å²) in [6, 6.07) is 3.86. The number of rotatable bonds is 6. The Morgan fingerprint density at radius 1 is 1.24 bits per heavy atom. The number of amides is 1. The number of aryl methyl sites for hydroxylation is 1. The highest BCUT2D eigenvalue weighted by Crippen LogP contribution is 2.00. The molecule has 0 spiro atoms. The van der Waals surface area contributed by atoms with Gasteiger partial charge in [-0.05, 0) is 31.2 Å². The molecule has 0 aromatic carbocycles. The van der Waals surface area contributed by atoms with Crippen LogP contribution in [0, 0.1) is 0 Å². The quantitative estimate of drug-likeness (QED) is 0.770. The summed E-state index contributed by atoms with van der Waals surface area (Å²) in [6.45, 7) is 1.49. The van der Waals surface area contributed by atoms with Crippen molar-refractivity contribution < 1.29 is 4.79 Å². The molecule has 1 amide bonds. The van der Waals surface area contributed by atoms with Gasteiger partial charge in [0.25, 0.3) is 0 Å². The monoisotopic (exact) mass is 279 g/mol. The van der Waals surface area contributed by atoms with Crippen LogP contribution in [-0.2, 0) is 11.2 Å². The van der Waals surface area contributed by atoms with Crippen molar-refractivity contribution in [2.45, 2.75) is 12.8 Å². The molecule has 0 aliphatic rings. The first-order valence-corrected chi connectivity index (χ1v) is 5.13. The molecule has 0 radical (unpaired) electrons. The molecule has 1 aromatic rings. The Balaban J connectivity index is 0. The van der Waals surface area contributed by atoms with Crippen molar-refractivity contribution in [3.05, 3.63) is 30.1 Å². The van der Waals surface area contributed by atoms with Crippen molar-refractivity contribution in [2.24, 2.45) is 0 Å². The fourth-order valence-electron chi connectivity index (χ4n) is 1.22. The standard InChI is InChI=1S/C11H17N3O.2ClH/c1-12-8-9-14-11(15)3-2-10-4-6-13-7-5-10;;/h4-7,12H,2-3,8-9H2,1H3,(H,14,15);2*1H. The first-order chi connectivity index (χ1) is 7.33. The van der Waals surface area contributed by atoms with Gasteiger partial charge in [0.2, 0.25) is 5.91 Å². The molecule has 2 N–H and O–H groups in total. The maximum absolute atomic E-state index is 11.3. The number of nitrogens with one attached hydrogen (secondary N) is 2. The highest BCUT2D eigenvalue weighted by molar-refractivity contribution is 5.85. The molecule has 1 aromatic heterocycles. The molecule has 1 heterocycles. The van der Waals surface area contributed by atoms with Gasteiger partial charge in [-0.2, -0.15) is 0 Å². The third-order valence-electron chi connectivity index (χ3n) is 2.09. The number of carbonyl (C=O) groups is 1. The summed E-state index contributed by atoms with van der Waals surface area (Å²) in [5.41, 5.74) is 1.15. The number of halogens is 2. The smallest absolute Gasteiger partial charge is 0.220 e. The van der Waals surface area contributed by atoms with Gasteiger partial charge in [-0.25, -0.2) is 0 Å². The second-order valence-corrected chi connectivity index (χ2v) is 3.31. The minimum Gasteiger partial charge on any atom is -0.355 e. The van der Waals surface area contributed by atoms with Gasteiger partial charge in [0.05, 0.1) is 0 Å². The topological polar surface area (TPSA) is 54.0 Å². The van der Waals surface area contributed by atoms with Crippen molar-refractivity contribution in [1.29, 1.82) is 0 Å². The zero-order chi connectivity index (χ0) is 10.9. The average Bonchev–Trinajstić information content (AvgIpc) is 2.28. The third kappa shape index (κ3) is 8.92. The summed E-state index contributed by atoms with van der Waals surface area (Å²) in [5, 5.41) is 5.81. The van der Waals surface area contributed by atoms with Crippen LogP contribution in [0.5, 0.6) is 0 Å². The van der Waals surface area contributed by atoms with Crippen LogP contribution in [0.2, 0.25) is 0 Å². The number of aromatic nitrogens is 1. The van der Waals surface area contributed by atoms with Crippen molar-refractivity contribution in [1.82, 2.24) is 15.6 Å². The summed E-state index contributed by atoms with van der Waals surface area (Å²) in [4.78, 5) is 15.3. The molecule has 1 rings (SSSR count). The lowest BCUT2D eigenvalue weighted by Gasteiger charge is -2.04. The van der Waals surface area contributed by atoms with Crippen LogP contribution < -0.4 is 10.6 Å². The predicted octanol–water partition coefficient (Wildman–Crippen LogP) is 1.19. The van der Waals surface area contributed by atoms with Gasteiger partial charge in [-0.3, -0.25) is 9.78 Å². The van der Waals surface area contributed by atoms with E-state index < -0.39 is 0 Å². The van der Waals surface area contributed by atoms with E-state index in [2.05, 4.69) is 15.6 Å². The van der Waals surface area contributed by atoms with Gasteiger partial charge >= 0.3 is 0 Å². The van der Waals surface area contributed by atoms with E-state index in [-0.39, 0.29) is 30.7 Å². The SMILES string of the molecule is CNCCNC(=O)CCc1ccncc1.Cl.Cl. The van der Waals surface area contributed by atoms with Crippen LogP contribution in [0.4, 0.5) is 0 Å². The summed E-state index contributed by atoms with van der Waals surface area (Å²) in [5.74, 6) is 0.0991. The lowest BCUT2D eigenvalue weighted by Crippen LogP contribution is -2.30. The third-order valence-corrected chi connectivity index (χ3v) is 2.09. The van der Waals surface area contributed by atoms with Crippen molar-refractivity contribution >= 4 is 30.7 Å². The van der Waals surface area contributed by atoms with E-state index in [0.29, 0.717) is 13.0 Å². The van der Waals surface area contributed by atoms with Gasteiger partial charge in [0.15, 0.2) is 0 Å². The Bertz CT molecular complexity index is 296. The number of carbonyl (C=O) groups excluding carboxylic acids is 1. The van der Waals surface area contributed by atoms with E-state index in [9.17, 15) is 4.79 Å². The Morgan fingerprint density at radius 2 is 1.88 bits per heavy atom. The second kappa shape index (κ2) is 11.6. The maximum atomic E-state index is 11.3. The van der Waals surface area contributed by atoms with Gasteiger partial charge in [-0.15, -0.1) is 24.8 Å². The molecule has 0 saturated heterocycles. The Labute approximate surface area is 114 Å². The molecule has 0 fully saturated rings. The number of hydrogen-bond acceptors (Lipinski definition) is 3. The molecule has 4 nitrogen and oxygen atoms in total. The Morgan fingerprint density at radius 3 is 2.47 bits per heavy atom. The van der Waals surface area contributed by atoms with E-state index in [1.807, 2.05) is 19.2 Å². The second-order valence-electron chi connectivity index (χ2n) is 3.31. The molecule has 0 aliphatic carbocycles. The summed E-state index contributed by atoms with van der Waals surface area (Å²) < 4.78 is 0. The number of pyridine rings is 1. The van der Waals surface area contributed by atoms with Crippen LogP contribution in [0.1, 0.15) is 12.0 Å². The highest BCUT2D eigenvalue weighted by Gasteiger charge is 2.00. The van der Waals surface area contributed by atoms with E-state index in [0.717, 1.165) is 18.5 Å². The first-order valence-electron chi connectivity index (χ1n) is 5.13. The molecule has 0 saturated carbocycles.